The minimum Gasteiger partial charge on any atom is -0.233 e. The van der Waals surface area contributed by atoms with Crippen LogP contribution in [0.1, 0.15) is 66.8 Å². The smallest absolute Gasteiger partial charge is 0.0746 e. The number of hydrogen-bond acceptors (Lipinski definition) is 3. The molecule has 0 aliphatic carbocycles. The number of nitrogens with zero attached hydrogens (tertiary/aromatic N) is 6. The lowest BCUT2D eigenvalue weighted by Crippen LogP contribution is -2.03. The average molecular weight is 901 g/mol. The third-order valence-corrected chi connectivity index (χ3v) is 13.9. The zero-order valence-electron chi connectivity index (χ0n) is 40.7. The van der Waals surface area contributed by atoms with E-state index in [1.165, 1.54) is 83.5 Å². The average Bonchev–Trinajstić information content (AvgIpc) is 4.16. The molecular weight excluding hydrogens is 841 g/mol. The molecule has 0 radical (unpaired) electrons. The summed E-state index contributed by atoms with van der Waals surface area (Å²) >= 11 is 0. The fraction of sp³-hybridized carbons (Fsp3) is 0.190. The van der Waals surface area contributed by atoms with Crippen LogP contribution in [0.25, 0.3) is 50.8 Å². The molecular formula is C63H60N6. The third-order valence-electron chi connectivity index (χ3n) is 13.9. The van der Waals surface area contributed by atoms with Crippen molar-refractivity contribution in [1.29, 1.82) is 0 Å². The van der Waals surface area contributed by atoms with Gasteiger partial charge in [0.2, 0.25) is 0 Å². The lowest BCUT2D eigenvalue weighted by Gasteiger charge is -2.14. The van der Waals surface area contributed by atoms with Gasteiger partial charge in [0.05, 0.1) is 52.7 Å². The molecule has 10 aromatic rings. The van der Waals surface area contributed by atoms with Crippen LogP contribution in [0.2, 0.25) is 0 Å². The summed E-state index contributed by atoms with van der Waals surface area (Å²) in [7, 11) is 0. The lowest BCUT2D eigenvalue weighted by molar-refractivity contribution is 0.877. The molecule has 0 amide bonds. The quantitative estimate of drug-likeness (QED) is 0.103. The van der Waals surface area contributed by atoms with Gasteiger partial charge >= 0.3 is 0 Å². The zero-order valence-corrected chi connectivity index (χ0v) is 40.7. The summed E-state index contributed by atoms with van der Waals surface area (Å²) in [6.07, 6.45) is 11.5. The first-order chi connectivity index (χ1) is 33.7. The Balaban J connectivity index is 0.864. The first-order valence-corrected chi connectivity index (χ1v) is 24.4. The molecule has 0 spiro atoms. The molecule has 69 heavy (non-hydrogen) atoms. The molecule has 0 N–H and O–H groups in total. The number of hydrogen-bond donors (Lipinski definition) is 0. The van der Waals surface area contributed by atoms with Crippen LogP contribution in [0.3, 0.4) is 0 Å². The highest BCUT2D eigenvalue weighted by Crippen LogP contribution is 2.32. The molecule has 0 atom stereocenters. The Morgan fingerprint density at radius 3 is 0.754 bits per heavy atom. The topological polar surface area (TPSA) is 53.5 Å². The molecule has 0 saturated heterocycles. The highest BCUT2D eigenvalue weighted by Gasteiger charge is 2.16. The summed E-state index contributed by atoms with van der Waals surface area (Å²) in [6, 6.07) is 60.0. The standard InChI is InChI=1S/C63H60N6/c1-43-10-7-11-44(2)61(43)58-34-37-64-67(58)55-28-22-49(23-29-55)16-19-52-40-53(20-17-50-24-30-56(31-25-50)68-59(35-38-65-68)62-45(3)12-8-13-46(62)4)42-54(41-52)21-18-51-26-32-57(33-27-51)69-60(36-39-66-69)63-47(5)14-9-15-48(63)6/h7-15,22-42H,16-21H2,1-6H3. The molecule has 0 aliphatic heterocycles. The van der Waals surface area contributed by atoms with E-state index in [9.17, 15) is 0 Å². The van der Waals surface area contributed by atoms with Crippen LogP contribution in [0.5, 0.6) is 0 Å². The van der Waals surface area contributed by atoms with Gasteiger partial charge in [-0.25, -0.2) is 14.0 Å². The van der Waals surface area contributed by atoms with Gasteiger partial charge in [-0.05, 0) is 201 Å². The number of aromatic nitrogens is 6. The van der Waals surface area contributed by atoms with E-state index in [4.69, 9.17) is 15.3 Å². The van der Waals surface area contributed by atoms with Crippen molar-refractivity contribution in [2.75, 3.05) is 0 Å². The molecule has 3 heterocycles. The van der Waals surface area contributed by atoms with E-state index < -0.39 is 0 Å². The fourth-order valence-electron chi connectivity index (χ4n) is 10.3. The molecule has 342 valence electrons. The Bertz CT molecular complexity index is 2950. The van der Waals surface area contributed by atoms with Gasteiger partial charge in [-0.15, -0.1) is 0 Å². The Hall–Kier alpha value is -7.83. The summed E-state index contributed by atoms with van der Waals surface area (Å²) in [5, 5.41) is 14.2. The van der Waals surface area contributed by atoms with E-state index in [-0.39, 0.29) is 0 Å². The van der Waals surface area contributed by atoms with E-state index >= 15 is 0 Å². The lowest BCUT2D eigenvalue weighted by atomic mass is 9.94. The van der Waals surface area contributed by atoms with Gasteiger partial charge in [-0.2, -0.15) is 15.3 Å². The van der Waals surface area contributed by atoms with Crippen LogP contribution >= 0.6 is 0 Å². The van der Waals surface area contributed by atoms with Crippen molar-refractivity contribution < 1.29 is 0 Å². The Morgan fingerprint density at radius 2 is 0.507 bits per heavy atom. The van der Waals surface area contributed by atoms with E-state index in [0.29, 0.717) is 0 Å². The first kappa shape index (κ1) is 45.0. The third kappa shape index (κ3) is 9.66. The maximum Gasteiger partial charge on any atom is 0.0746 e. The molecule has 0 fully saturated rings. The Labute approximate surface area is 407 Å². The Morgan fingerprint density at radius 1 is 0.275 bits per heavy atom. The summed E-state index contributed by atoms with van der Waals surface area (Å²) in [6.45, 7) is 13.1. The van der Waals surface area contributed by atoms with Gasteiger partial charge in [-0.3, -0.25) is 0 Å². The van der Waals surface area contributed by atoms with Crippen molar-refractivity contribution in [1.82, 2.24) is 29.3 Å². The highest BCUT2D eigenvalue weighted by molar-refractivity contribution is 5.71. The monoisotopic (exact) mass is 900 g/mol. The second-order valence-electron chi connectivity index (χ2n) is 18.8. The molecule has 0 bridgehead atoms. The van der Waals surface area contributed by atoms with Crippen LogP contribution in [0, 0.1) is 41.5 Å². The summed E-state index contributed by atoms with van der Waals surface area (Å²) < 4.78 is 6.20. The number of rotatable bonds is 15. The molecule has 10 rings (SSSR count). The van der Waals surface area contributed by atoms with Crippen molar-refractivity contribution >= 4 is 0 Å². The second-order valence-corrected chi connectivity index (χ2v) is 18.8. The highest BCUT2D eigenvalue weighted by atomic mass is 15.3. The van der Waals surface area contributed by atoms with Gasteiger partial charge in [0.25, 0.3) is 0 Å². The molecule has 0 saturated carbocycles. The van der Waals surface area contributed by atoms with Crippen LogP contribution in [-0.2, 0) is 38.5 Å². The largest absolute Gasteiger partial charge is 0.233 e. The number of aryl methyl sites for hydroxylation is 12. The van der Waals surface area contributed by atoms with Crippen molar-refractivity contribution in [2.24, 2.45) is 0 Å². The van der Waals surface area contributed by atoms with Crippen LogP contribution < -0.4 is 0 Å². The van der Waals surface area contributed by atoms with E-state index in [2.05, 4.69) is 219 Å². The van der Waals surface area contributed by atoms with Gasteiger partial charge in [0.1, 0.15) is 0 Å². The molecule has 0 unspecified atom stereocenters. The van der Waals surface area contributed by atoms with E-state index in [1.807, 2.05) is 18.6 Å². The van der Waals surface area contributed by atoms with Gasteiger partial charge in [-0.1, -0.05) is 109 Å². The van der Waals surface area contributed by atoms with Crippen molar-refractivity contribution in [3.8, 4) is 50.8 Å². The van der Waals surface area contributed by atoms with Crippen LogP contribution in [-0.4, -0.2) is 29.3 Å². The van der Waals surface area contributed by atoms with Crippen LogP contribution in [0.15, 0.2) is 182 Å². The SMILES string of the molecule is Cc1cccc(C)c1-c1ccnn1-c1ccc(CCc2cc(CCc3ccc(-n4nccc4-c4c(C)cccc4C)cc3)cc(CCc3ccc(-n4nccc4-c4c(C)cccc4C)cc3)c2)cc1. The predicted octanol–water partition coefficient (Wildman–Crippen LogP) is 14.5. The molecule has 6 nitrogen and oxygen atoms in total. The van der Waals surface area contributed by atoms with Crippen LogP contribution in [0.4, 0.5) is 0 Å². The molecule has 3 aromatic heterocycles. The van der Waals surface area contributed by atoms with Gasteiger partial charge in [0.15, 0.2) is 0 Å². The maximum absolute atomic E-state index is 4.75. The van der Waals surface area contributed by atoms with Gasteiger partial charge < -0.3 is 0 Å². The van der Waals surface area contributed by atoms with Gasteiger partial charge in [0, 0.05) is 16.7 Å². The summed E-state index contributed by atoms with van der Waals surface area (Å²) in [5.41, 5.74) is 26.0. The molecule has 7 aromatic carbocycles. The fourth-order valence-corrected chi connectivity index (χ4v) is 10.3. The normalized spacial score (nSPS) is 11.4. The van der Waals surface area contributed by atoms with E-state index in [1.54, 1.807) is 0 Å². The molecule has 6 heteroatoms. The predicted molar refractivity (Wildman–Crippen MR) is 284 cm³/mol. The van der Waals surface area contributed by atoms with Crippen molar-refractivity contribution in [3.63, 3.8) is 0 Å². The second kappa shape index (κ2) is 19.8. The first-order valence-electron chi connectivity index (χ1n) is 24.4. The minimum absolute atomic E-state index is 0.962. The van der Waals surface area contributed by atoms with Crippen molar-refractivity contribution in [3.05, 3.63) is 249 Å². The zero-order chi connectivity index (χ0) is 47.4. The van der Waals surface area contributed by atoms with E-state index in [0.717, 1.165) is 72.7 Å². The minimum atomic E-state index is 0.962. The Kier molecular flexibility index (Phi) is 12.9. The number of benzene rings is 7. The maximum atomic E-state index is 4.75. The van der Waals surface area contributed by atoms with Crippen molar-refractivity contribution in [2.45, 2.75) is 80.1 Å². The summed E-state index contributed by atoms with van der Waals surface area (Å²) in [5.74, 6) is 0. The molecule has 0 aliphatic rings. The summed E-state index contributed by atoms with van der Waals surface area (Å²) in [4.78, 5) is 0.